The van der Waals surface area contributed by atoms with Gasteiger partial charge in [-0.15, -0.1) is 0 Å². The van der Waals surface area contributed by atoms with E-state index in [1.807, 2.05) is 25.1 Å². The van der Waals surface area contributed by atoms with Crippen LogP contribution in [0.2, 0.25) is 0 Å². The quantitative estimate of drug-likeness (QED) is 0.716. The third-order valence-electron chi connectivity index (χ3n) is 2.46. The summed E-state index contributed by atoms with van der Waals surface area (Å²) in [5.74, 6) is 1.17. The molecule has 0 spiro atoms. The van der Waals surface area contributed by atoms with Crippen molar-refractivity contribution in [2.24, 2.45) is 5.92 Å². The lowest BCUT2D eigenvalue weighted by molar-refractivity contribution is 0.164. The summed E-state index contributed by atoms with van der Waals surface area (Å²) >= 11 is 0. The molecule has 0 aliphatic carbocycles. The molecule has 1 atom stereocenters. The van der Waals surface area contributed by atoms with E-state index in [1.54, 1.807) is 7.11 Å². The molecule has 0 radical (unpaired) electrons. The standard InChI is InChI=1S/C13H22N2O2/c1-4-17-12-7-5-6-11(13(12)14)15-8-10(2)9-16-3/h5-7,10,15H,4,8-9,14H2,1-3H3. The zero-order valence-electron chi connectivity index (χ0n) is 10.8. The molecule has 4 heteroatoms. The lowest BCUT2D eigenvalue weighted by atomic mass is 10.2. The number of rotatable bonds is 7. The third-order valence-corrected chi connectivity index (χ3v) is 2.46. The molecule has 0 heterocycles. The predicted octanol–water partition coefficient (Wildman–Crippen LogP) is 2.36. The van der Waals surface area contributed by atoms with Gasteiger partial charge in [-0.05, 0) is 25.0 Å². The maximum Gasteiger partial charge on any atom is 0.144 e. The summed E-state index contributed by atoms with van der Waals surface area (Å²) in [6.07, 6.45) is 0. The SMILES string of the molecule is CCOc1cccc(NCC(C)COC)c1N. The maximum absolute atomic E-state index is 6.01. The third kappa shape index (κ3) is 4.15. The molecule has 0 bridgehead atoms. The van der Waals surface area contributed by atoms with E-state index in [-0.39, 0.29) is 0 Å². The Morgan fingerprint density at radius 3 is 2.82 bits per heavy atom. The van der Waals surface area contributed by atoms with Crippen molar-refractivity contribution in [3.63, 3.8) is 0 Å². The zero-order chi connectivity index (χ0) is 12.7. The van der Waals surface area contributed by atoms with Crippen LogP contribution in [0.25, 0.3) is 0 Å². The van der Waals surface area contributed by atoms with Crippen LogP contribution in [-0.4, -0.2) is 26.9 Å². The van der Waals surface area contributed by atoms with Gasteiger partial charge in [0.25, 0.3) is 0 Å². The highest BCUT2D eigenvalue weighted by molar-refractivity contribution is 5.72. The number of nitrogens with one attached hydrogen (secondary N) is 1. The van der Waals surface area contributed by atoms with Gasteiger partial charge < -0.3 is 20.5 Å². The van der Waals surface area contributed by atoms with Gasteiger partial charge in [0, 0.05) is 13.7 Å². The van der Waals surface area contributed by atoms with Crippen molar-refractivity contribution >= 4 is 11.4 Å². The highest BCUT2D eigenvalue weighted by atomic mass is 16.5. The van der Waals surface area contributed by atoms with Gasteiger partial charge in [0.1, 0.15) is 5.75 Å². The number of anilines is 2. The molecule has 0 aromatic heterocycles. The van der Waals surface area contributed by atoms with Gasteiger partial charge in [-0.2, -0.15) is 0 Å². The fourth-order valence-corrected chi connectivity index (χ4v) is 1.61. The number of hydrogen-bond acceptors (Lipinski definition) is 4. The fraction of sp³-hybridized carbons (Fsp3) is 0.538. The molecule has 1 unspecified atom stereocenters. The van der Waals surface area contributed by atoms with Crippen molar-refractivity contribution < 1.29 is 9.47 Å². The van der Waals surface area contributed by atoms with Crippen molar-refractivity contribution in [2.75, 3.05) is 37.9 Å². The molecule has 96 valence electrons. The van der Waals surface area contributed by atoms with Crippen LogP contribution < -0.4 is 15.8 Å². The van der Waals surface area contributed by atoms with E-state index >= 15 is 0 Å². The van der Waals surface area contributed by atoms with Gasteiger partial charge in [0.05, 0.1) is 24.6 Å². The largest absolute Gasteiger partial charge is 0.492 e. The van der Waals surface area contributed by atoms with Gasteiger partial charge in [-0.3, -0.25) is 0 Å². The van der Waals surface area contributed by atoms with E-state index in [4.69, 9.17) is 15.2 Å². The average molecular weight is 238 g/mol. The second kappa shape index (κ2) is 7.01. The predicted molar refractivity (Wildman–Crippen MR) is 71.6 cm³/mol. The molecule has 1 aromatic carbocycles. The van der Waals surface area contributed by atoms with Crippen molar-refractivity contribution in [3.8, 4) is 5.75 Å². The first-order chi connectivity index (χ1) is 8.19. The fourth-order valence-electron chi connectivity index (χ4n) is 1.61. The van der Waals surface area contributed by atoms with Gasteiger partial charge in [-0.1, -0.05) is 13.0 Å². The summed E-state index contributed by atoms with van der Waals surface area (Å²) in [5, 5.41) is 3.31. The monoisotopic (exact) mass is 238 g/mol. The Kier molecular flexibility index (Phi) is 5.63. The van der Waals surface area contributed by atoms with E-state index in [0.717, 1.165) is 24.6 Å². The molecule has 0 saturated carbocycles. The minimum absolute atomic E-state index is 0.440. The van der Waals surface area contributed by atoms with Crippen LogP contribution in [0.3, 0.4) is 0 Å². The van der Waals surface area contributed by atoms with E-state index in [9.17, 15) is 0 Å². The van der Waals surface area contributed by atoms with Gasteiger partial charge >= 0.3 is 0 Å². The second-order valence-corrected chi connectivity index (χ2v) is 4.09. The number of hydrogen-bond donors (Lipinski definition) is 2. The lowest BCUT2D eigenvalue weighted by Gasteiger charge is -2.16. The number of ether oxygens (including phenoxy) is 2. The minimum atomic E-state index is 0.440. The Labute approximate surface area is 103 Å². The Bertz CT molecular complexity index is 342. The molecule has 17 heavy (non-hydrogen) atoms. The van der Waals surface area contributed by atoms with Gasteiger partial charge in [0.15, 0.2) is 0 Å². The number of nitrogen functional groups attached to an aromatic ring is 1. The topological polar surface area (TPSA) is 56.5 Å². The van der Waals surface area contributed by atoms with Crippen LogP contribution in [-0.2, 0) is 4.74 Å². The lowest BCUT2D eigenvalue weighted by Crippen LogP contribution is -2.16. The van der Waals surface area contributed by atoms with Crippen LogP contribution in [0.15, 0.2) is 18.2 Å². The molecular formula is C13H22N2O2. The van der Waals surface area contributed by atoms with E-state index in [2.05, 4.69) is 12.2 Å². The normalized spacial score (nSPS) is 12.2. The summed E-state index contributed by atoms with van der Waals surface area (Å²) in [4.78, 5) is 0. The van der Waals surface area contributed by atoms with Gasteiger partial charge in [-0.25, -0.2) is 0 Å². The van der Waals surface area contributed by atoms with Crippen LogP contribution in [0, 0.1) is 5.92 Å². The van der Waals surface area contributed by atoms with Crippen molar-refractivity contribution in [3.05, 3.63) is 18.2 Å². The van der Waals surface area contributed by atoms with Crippen LogP contribution >= 0.6 is 0 Å². The Hall–Kier alpha value is -1.42. The van der Waals surface area contributed by atoms with Crippen molar-refractivity contribution in [2.45, 2.75) is 13.8 Å². The van der Waals surface area contributed by atoms with Crippen LogP contribution in [0.4, 0.5) is 11.4 Å². The molecule has 0 aliphatic heterocycles. The number of benzene rings is 1. The molecule has 0 aliphatic rings. The summed E-state index contributed by atoms with van der Waals surface area (Å²) in [5.41, 5.74) is 7.59. The number of para-hydroxylation sites is 1. The first kappa shape index (κ1) is 13.6. The smallest absolute Gasteiger partial charge is 0.144 e. The number of nitrogens with two attached hydrogens (primary N) is 1. The Morgan fingerprint density at radius 1 is 1.41 bits per heavy atom. The van der Waals surface area contributed by atoms with E-state index < -0.39 is 0 Å². The van der Waals surface area contributed by atoms with E-state index in [1.165, 1.54) is 0 Å². The minimum Gasteiger partial charge on any atom is -0.492 e. The highest BCUT2D eigenvalue weighted by Gasteiger charge is 2.07. The Morgan fingerprint density at radius 2 is 2.18 bits per heavy atom. The summed E-state index contributed by atoms with van der Waals surface area (Å²) in [6, 6.07) is 5.77. The Balaban J connectivity index is 2.61. The van der Waals surface area contributed by atoms with Crippen LogP contribution in [0.1, 0.15) is 13.8 Å². The van der Waals surface area contributed by atoms with Crippen LogP contribution in [0.5, 0.6) is 5.75 Å². The summed E-state index contributed by atoms with van der Waals surface area (Å²) < 4.78 is 10.5. The molecule has 3 N–H and O–H groups in total. The van der Waals surface area contributed by atoms with E-state index in [0.29, 0.717) is 18.2 Å². The molecule has 0 fully saturated rings. The molecular weight excluding hydrogens is 216 g/mol. The van der Waals surface area contributed by atoms with Gasteiger partial charge in [0.2, 0.25) is 0 Å². The average Bonchev–Trinajstić information content (AvgIpc) is 2.31. The highest BCUT2D eigenvalue weighted by Crippen LogP contribution is 2.29. The molecule has 1 rings (SSSR count). The molecule has 4 nitrogen and oxygen atoms in total. The first-order valence-corrected chi connectivity index (χ1v) is 5.93. The second-order valence-electron chi connectivity index (χ2n) is 4.09. The first-order valence-electron chi connectivity index (χ1n) is 5.93. The summed E-state index contributed by atoms with van der Waals surface area (Å²) in [6.45, 7) is 6.25. The van der Waals surface area contributed by atoms with Crippen molar-refractivity contribution in [1.82, 2.24) is 0 Å². The molecule has 0 saturated heterocycles. The number of methoxy groups -OCH3 is 1. The molecule has 1 aromatic rings. The molecule has 0 amide bonds. The zero-order valence-corrected chi connectivity index (χ0v) is 10.8. The maximum atomic E-state index is 6.01. The van der Waals surface area contributed by atoms with Crippen molar-refractivity contribution in [1.29, 1.82) is 0 Å². The summed E-state index contributed by atoms with van der Waals surface area (Å²) in [7, 11) is 1.71.